The molecule has 3 aromatic rings. The second-order valence-electron chi connectivity index (χ2n) is 10.4. The summed E-state index contributed by atoms with van der Waals surface area (Å²) >= 11 is 12.5. The molecule has 1 N–H and O–H groups in total. The minimum atomic E-state index is -4.77. The number of hydrogen-bond donors (Lipinski definition) is 1. The van der Waals surface area contributed by atoms with Crippen molar-refractivity contribution in [3.63, 3.8) is 0 Å². The first-order valence-corrected chi connectivity index (χ1v) is 16.1. The van der Waals surface area contributed by atoms with Gasteiger partial charge in [-0.1, -0.05) is 66.9 Å². The van der Waals surface area contributed by atoms with Gasteiger partial charge in [0.2, 0.25) is 11.8 Å². The topological polar surface area (TPSA) is 86.8 Å². The number of nitrogens with zero attached hydrogens (tertiary/aromatic N) is 2. The summed E-state index contributed by atoms with van der Waals surface area (Å²) in [5.41, 5.74) is -0.257. The van der Waals surface area contributed by atoms with E-state index in [2.05, 4.69) is 5.32 Å². The molecule has 0 heterocycles. The molecule has 0 aliphatic heterocycles. The average Bonchev–Trinajstić information content (AvgIpc) is 2.96. The number of carbonyl (C=O) groups is 2. The van der Waals surface area contributed by atoms with Gasteiger partial charge in [-0.25, -0.2) is 8.42 Å². The number of hydrogen-bond acceptors (Lipinski definition) is 4. The van der Waals surface area contributed by atoms with E-state index in [1.165, 1.54) is 29.2 Å². The smallest absolute Gasteiger partial charge is 0.352 e. The maximum Gasteiger partial charge on any atom is 0.416 e. The fraction of sp³-hybridized carbons (Fsp3) is 0.355. The molecule has 3 aromatic carbocycles. The van der Waals surface area contributed by atoms with E-state index in [4.69, 9.17) is 23.2 Å². The molecule has 0 spiro atoms. The molecule has 44 heavy (non-hydrogen) atoms. The molecule has 238 valence electrons. The van der Waals surface area contributed by atoms with Gasteiger partial charge in [0, 0.05) is 22.6 Å². The molecule has 2 amide bonds. The van der Waals surface area contributed by atoms with Crippen LogP contribution in [0.2, 0.25) is 10.0 Å². The highest BCUT2D eigenvalue weighted by Gasteiger charge is 2.36. The number of aryl methyl sites for hydroxylation is 1. The van der Waals surface area contributed by atoms with E-state index in [1.807, 2.05) is 6.92 Å². The number of halogens is 5. The Morgan fingerprint density at radius 3 is 2.18 bits per heavy atom. The molecule has 0 unspecified atom stereocenters. The summed E-state index contributed by atoms with van der Waals surface area (Å²) in [5, 5.41) is 3.41. The molecule has 0 aliphatic carbocycles. The Kier molecular flexibility index (Phi) is 11.7. The van der Waals surface area contributed by atoms with Gasteiger partial charge in [-0.05, 0) is 74.7 Å². The van der Waals surface area contributed by atoms with Gasteiger partial charge in [0.15, 0.2) is 0 Å². The van der Waals surface area contributed by atoms with Crippen molar-refractivity contribution in [3.05, 3.63) is 93.5 Å². The Labute approximate surface area is 266 Å². The van der Waals surface area contributed by atoms with Crippen molar-refractivity contribution in [1.82, 2.24) is 10.2 Å². The largest absolute Gasteiger partial charge is 0.416 e. The van der Waals surface area contributed by atoms with Crippen LogP contribution in [0.1, 0.15) is 50.3 Å². The number of amides is 2. The summed E-state index contributed by atoms with van der Waals surface area (Å²) in [5.74, 6) is -1.29. The molecule has 3 rings (SSSR count). The molecule has 13 heteroatoms. The Hall–Kier alpha value is -3.28. The number of anilines is 1. The van der Waals surface area contributed by atoms with Crippen LogP contribution in [0.5, 0.6) is 0 Å². The molecule has 0 saturated heterocycles. The lowest BCUT2D eigenvalue weighted by Gasteiger charge is -2.34. The highest BCUT2D eigenvalue weighted by Crippen LogP contribution is 2.34. The van der Waals surface area contributed by atoms with Crippen LogP contribution in [0.25, 0.3) is 0 Å². The molecule has 0 bridgehead atoms. The Morgan fingerprint density at radius 2 is 1.61 bits per heavy atom. The van der Waals surface area contributed by atoms with Crippen molar-refractivity contribution in [3.8, 4) is 0 Å². The van der Waals surface area contributed by atoms with Crippen molar-refractivity contribution >= 4 is 50.7 Å². The van der Waals surface area contributed by atoms with E-state index in [-0.39, 0.29) is 34.6 Å². The Morgan fingerprint density at radius 1 is 0.955 bits per heavy atom. The number of rotatable bonds is 12. The second kappa shape index (κ2) is 14.7. The number of alkyl halides is 3. The van der Waals surface area contributed by atoms with Crippen molar-refractivity contribution in [2.24, 2.45) is 0 Å². The molecule has 0 radical (unpaired) electrons. The van der Waals surface area contributed by atoms with Gasteiger partial charge in [0.1, 0.15) is 12.6 Å². The van der Waals surface area contributed by atoms with Crippen LogP contribution in [0.4, 0.5) is 18.9 Å². The molecular formula is C31H34Cl2F3N3O4S. The van der Waals surface area contributed by atoms with Crippen LogP contribution in [0.3, 0.4) is 0 Å². The zero-order valence-electron chi connectivity index (χ0n) is 24.7. The van der Waals surface area contributed by atoms with E-state index in [9.17, 15) is 31.2 Å². The summed E-state index contributed by atoms with van der Waals surface area (Å²) in [4.78, 5) is 28.5. The molecule has 2 atom stereocenters. The van der Waals surface area contributed by atoms with Crippen molar-refractivity contribution in [2.75, 3.05) is 10.8 Å². The molecule has 7 nitrogen and oxygen atoms in total. The molecular weight excluding hydrogens is 638 g/mol. The Balaban J connectivity index is 2.14. The first kappa shape index (κ1) is 35.2. The quantitative estimate of drug-likeness (QED) is 0.220. The fourth-order valence-corrected chi connectivity index (χ4v) is 6.27. The van der Waals surface area contributed by atoms with E-state index >= 15 is 0 Å². The third-order valence-corrected chi connectivity index (χ3v) is 9.47. The van der Waals surface area contributed by atoms with Crippen LogP contribution >= 0.6 is 23.2 Å². The van der Waals surface area contributed by atoms with Gasteiger partial charge in [0.05, 0.1) is 16.1 Å². The summed E-state index contributed by atoms with van der Waals surface area (Å²) in [6.45, 7) is 6.04. The van der Waals surface area contributed by atoms with Crippen LogP contribution in [-0.4, -0.2) is 43.8 Å². The van der Waals surface area contributed by atoms with Crippen LogP contribution in [-0.2, 0) is 32.3 Å². The van der Waals surface area contributed by atoms with E-state index < -0.39 is 46.2 Å². The molecule has 0 saturated carbocycles. The first-order chi connectivity index (χ1) is 20.6. The lowest BCUT2D eigenvalue weighted by molar-refractivity contribution is -0.140. The van der Waals surface area contributed by atoms with E-state index in [0.717, 1.165) is 17.7 Å². The van der Waals surface area contributed by atoms with Crippen molar-refractivity contribution < 1.29 is 31.2 Å². The first-order valence-electron chi connectivity index (χ1n) is 13.9. The average molecular weight is 673 g/mol. The molecule has 0 aromatic heterocycles. The van der Waals surface area contributed by atoms with E-state index in [0.29, 0.717) is 27.4 Å². The third-order valence-electron chi connectivity index (χ3n) is 7.09. The van der Waals surface area contributed by atoms with Gasteiger partial charge in [0.25, 0.3) is 10.0 Å². The molecule has 0 fully saturated rings. The summed E-state index contributed by atoms with van der Waals surface area (Å²) in [6.07, 6.45) is -3.98. The maximum absolute atomic E-state index is 14.1. The highest BCUT2D eigenvalue weighted by molar-refractivity contribution is 7.92. The maximum atomic E-state index is 14.1. The van der Waals surface area contributed by atoms with Gasteiger partial charge in [-0.15, -0.1) is 0 Å². The lowest BCUT2D eigenvalue weighted by atomic mass is 10.1. The van der Waals surface area contributed by atoms with Gasteiger partial charge in [-0.2, -0.15) is 13.2 Å². The predicted molar refractivity (Wildman–Crippen MR) is 166 cm³/mol. The summed E-state index contributed by atoms with van der Waals surface area (Å²) in [7, 11) is -4.55. The van der Waals surface area contributed by atoms with Crippen LogP contribution in [0, 0.1) is 6.92 Å². The predicted octanol–water partition coefficient (Wildman–Crippen LogP) is 7.24. The minimum Gasteiger partial charge on any atom is -0.352 e. The van der Waals surface area contributed by atoms with Crippen LogP contribution < -0.4 is 9.62 Å². The lowest BCUT2D eigenvalue weighted by Crippen LogP contribution is -2.53. The number of sulfonamides is 1. The van der Waals surface area contributed by atoms with Crippen molar-refractivity contribution in [2.45, 2.75) is 70.2 Å². The summed E-state index contributed by atoms with van der Waals surface area (Å²) in [6, 6.07) is 12.8. The fourth-order valence-electron chi connectivity index (χ4n) is 4.40. The normalized spacial score (nSPS) is 13.2. The highest BCUT2D eigenvalue weighted by atomic mass is 35.5. The second-order valence-corrected chi connectivity index (χ2v) is 13.1. The minimum absolute atomic E-state index is 0.160. The van der Waals surface area contributed by atoms with Crippen molar-refractivity contribution in [1.29, 1.82) is 0 Å². The number of carbonyl (C=O) groups excluding carboxylic acids is 2. The monoisotopic (exact) mass is 671 g/mol. The Bertz CT molecular complexity index is 1580. The molecule has 0 aliphatic rings. The van der Waals surface area contributed by atoms with Gasteiger partial charge < -0.3 is 10.2 Å². The van der Waals surface area contributed by atoms with Gasteiger partial charge >= 0.3 is 6.18 Å². The summed E-state index contributed by atoms with van der Waals surface area (Å²) < 4.78 is 69.5. The zero-order chi connectivity index (χ0) is 32.8. The van der Waals surface area contributed by atoms with Crippen LogP contribution in [0.15, 0.2) is 71.6 Å². The van der Waals surface area contributed by atoms with Gasteiger partial charge in [-0.3, -0.25) is 13.9 Å². The van der Waals surface area contributed by atoms with E-state index in [1.54, 1.807) is 45.0 Å². The SMILES string of the molecule is CC[C@H](C)NC(=O)[C@H](CC)N(Cc1ccc(Cl)cc1Cl)C(=O)CN(c1cccc(C(F)(F)F)c1)S(=O)(=O)c1ccc(C)cc1. The number of benzene rings is 3. The standard InChI is InChI=1S/C31H34Cl2F3N3O4S/c1-5-21(4)37-30(41)28(6-2)38(18-22-12-13-24(32)17-27(22)33)29(40)19-39(25-9-7-8-23(16-25)31(34,35)36)44(42,43)26-14-10-20(3)11-15-26/h7-17,21,28H,5-6,18-19H2,1-4H3,(H,37,41)/t21-,28-/m0/s1. The third kappa shape index (κ3) is 8.67. The number of nitrogens with one attached hydrogen (secondary N) is 1. The zero-order valence-corrected chi connectivity index (χ0v) is 27.0.